The van der Waals surface area contributed by atoms with Crippen molar-refractivity contribution in [2.75, 3.05) is 11.5 Å². The molecule has 0 fully saturated rings. The molecule has 0 spiro atoms. The van der Waals surface area contributed by atoms with Crippen LogP contribution < -0.4 is 22.1 Å². The van der Waals surface area contributed by atoms with E-state index < -0.39 is 7.92 Å². The first kappa shape index (κ1) is 15.6. The van der Waals surface area contributed by atoms with Crippen LogP contribution in [0.2, 0.25) is 0 Å². The Bertz CT molecular complexity index is 733. The number of nitrogen functional groups attached to an aromatic ring is 2. The van der Waals surface area contributed by atoms with Crippen molar-refractivity contribution in [3.05, 3.63) is 84.4 Å². The molecule has 3 rings (SSSR count). The van der Waals surface area contributed by atoms with Gasteiger partial charge in [0.25, 0.3) is 0 Å². The maximum Gasteiger partial charge on any atom is 0.0586 e. The average Bonchev–Trinajstić information content (AvgIpc) is 2.59. The van der Waals surface area contributed by atoms with Gasteiger partial charge in [0, 0.05) is 5.66 Å². The van der Waals surface area contributed by atoms with E-state index in [2.05, 4.69) is 73.7 Å². The predicted molar refractivity (Wildman–Crippen MR) is 103 cm³/mol. The smallest absolute Gasteiger partial charge is 0.0586 e. The highest BCUT2D eigenvalue weighted by atomic mass is 31.1. The molecule has 0 aliphatic carbocycles. The largest absolute Gasteiger partial charge is 0.397 e. The molecular formula is C20H21N2P. The SMILES string of the molecule is CC(c1cccc(N)c1N)P(c1ccccc1)c1ccccc1. The summed E-state index contributed by atoms with van der Waals surface area (Å²) in [6.07, 6.45) is 0. The van der Waals surface area contributed by atoms with Crippen LogP contribution in [0.3, 0.4) is 0 Å². The minimum absolute atomic E-state index is 0.290. The van der Waals surface area contributed by atoms with Crippen molar-refractivity contribution in [2.45, 2.75) is 12.6 Å². The number of nitrogens with two attached hydrogens (primary N) is 2. The molecule has 0 radical (unpaired) electrons. The van der Waals surface area contributed by atoms with Crippen LogP contribution in [0.4, 0.5) is 11.4 Å². The molecule has 2 nitrogen and oxygen atoms in total. The minimum Gasteiger partial charge on any atom is -0.397 e. The van der Waals surface area contributed by atoms with Gasteiger partial charge in [0.2, 0.25) is 0 Å². The highest BCUT2D eigenvalue weighted by molar-refractivity contribution is 7.73. The summed E-state index contributed by atoms with van der Waals surface area (Å²) in [7, 11) is -0.553. The fourth-order valence-electron chi connectivity index (χ4n) is 2.88. The molecule has 0 aliphatic rings. The zero-order chi connectivity index (χ0) is 16.2. The Morgan fingerprint density at radius 1 is 0.696 bits per heavy atom. The maximum absolute atomic E-state index is 6.26. The summed E-state index contributed by atoms with van der Waals surface area (Å²) in [5, 5.41) is 2.70. The van der Waals surface area contributed by atoms with Crippen LogP contribution >= 0.6 is 7.92 Å². The van der Waals surface area contributed by atoms with Gasteiger partial charge in [-0.25, -0.2) is 0 Å². The van der Waals surface area contributed by atoms with Crippen molar-refractivity contribution in [1.82, 2.24) is 0 Å². The van der Waals surface area contributed by atoms with E-state index in [0.29, 0.717) is 17.0 Å². The van der Waals surface area contributed by atoms with Crippen LogP contribution in [0, 0.1) is 0 Å². The van der Waals surface area contributed by atoms with Crippen LogP contribution in [0.5, 0.6) is 0 Å². The Hall–Kier alpha value is -2.31. The van der Waals surface area contributed by atoms with E-state index in [1.54, 1.807) is 0 Å². The summed E-state index contributed by atoms with van der Waals surface area (Å²) in [5.74, 6) is 0. The molecule has 0 heterocycles. The Morgan fingerprint density at radius 2 is 1.22 bits per heavy atom. The molecule has 3 aromatic carbocycles. The van der Waals surface area contributed by atoms with Gasteiger partial charge < -0.3 is 11.5 Å². The molecule has 3 aromatic rings. The van der Waals surface area contributed by atoms with Crippen LogP contribution in [0.25, 0.3) is 0 Å². The third-order valence-electron chi connectivity index (χ3n) is 4.08. The number of hydrogen-bond donors (Lipinski definition) is 2. The number of benzene rings is 3. The summed E-state index contributed by atoms with van der Waals surface area (Å²) in [6.45, 7) is 2.25. The number of anilines is 2. The summed E-state index contributed by atoms with van der Waals surface area (Å²) in [4.78, 5) is 0. The second-order valence-electron chi connectivity index (χ2n) is 5.57. The molecule has 1 atom stereocenters. The maximum atomic E-state index is 6.26. The van der Waals surface area contributed by atoms with Gasteiger partial charge in [0.05, 0.1) is 11.4 Å². The zero-order valence-electron chi connectivity index (χ0n) is 13.2. The first-order valence-electron chi connectivity index (χ1n) is 7.71. The monoisotopic (exact) mass is 320 g/mol. The molecular weight excluding hydrogens is 299 g/mol. The summed E-state index contributed by atoms with van der Waals surface area (Å²) in [6, 6.07) is 27.3. The molecule has 3 heteroatoms. The Kier molecular flexibility index (Phi) is 4.64. The summed E-state index contributed by atoms with van der Waals surface area (Å²) < 4.78 is 0. The van der Waals surface area contributed by atoms with Gasteiger partial charge >= 0.3 is 0 Å². The lowest BCUT2D eigenvalue weighted by Crippen LogP contribution is -2.16. The van der Waals surface area contributed by atoms with Crippen molar-refractivity contribution in [1.29, 1.82) is 0 Å². The fourth-order valence-corrected chi connectivity index (χ4v) is 5.56. The first-order valence-corrected chi connectivity index (χ1v) is 9.12. The third kappa shape index (κ3) is 3.23. The molecule has 116 valence electrons. The van der Waals surface area contributed by atoms with Crippen molar-refractivity contribution < 1.29 is 0 Å². The minimum atomic E-state index is -0.553. The standard InChI is InChI=1S/C20H21N2P/c1-15(18-13-8-14-19(21)20(18)22)23(16-9-4-2-5-10-16)17-11-6-3-7-12-17/h2-15H,21-22H2,1H3. The Balaban J connectivity index is 2.10. The van der Waals surface area contributed by atoms with Crippen molar-refractivity contribution in [3.63, 3.8) is 0 Å². The molecule has 4 N–H and O–H groups in total. The average molecular weight is 320 g/mol. The zero-order valence-corrected chi connectivity index (χ0v) is 14.1. The quantitative estimate of drug-likeness (QED) is 0.563. The highest BCUT2D eigenvalue weighted by Crippen LogP contribution is 2.50. The van der Waals surface area contributed by atoms with Crippen molar-refractivity contribution in [3.8, 4) is 0 Å². The lowest BCUT2D eigenvalue weighted by Gasteiger charge is -2.27. The summed E-state index contributed by atoms with van der Waals surface area (Å²) in [5.41, 5.74) is 15.1. The molecule has 0 saturated heterocycles. The molecule has 0 aromatic heterocycles. The van der Waals surface area contributed by atoms with Gasteiger partial charge in [-0.3, -0.25) is 0 Å². The Labute approximate surface area is 138 Å². The first-order chi connectivity index (χ1) is 11.2. The lowest BCUT2D eigenvalue weighted by molar-refractivity contribution is 1.09. The number of para-hydroxylation sites is 1. The van der Waals surface area contributed by atoms with E-state index in [0.717, 1.165) is 5.56 Å². The van der Waals surface area contributed by atoms with Crippen molar-refractivity contribution in [2.24, 2.45) is 0 Å². The van der Waals surface area contributed by atoms with E-state index >= 15 is 0 Å². The van der Waals surface area contributed by atoms with Crippen LogP contribution in [0.15, 0.2) is 78.9 Å². The van der Waals surface area contributed by atoms with E-state index in [1.165, 1.54) is 10.6 Å². The number of hydrogen-bond acceptors (Lipinski definition) is 2. The van der Waals surface area contributed by atoms with Gasteiger partial charge in [-0.2, -0.15) is 0 Å². The van der Waals surface area contributed by atoms with Crippen LogP contribution in [0.1, 0.15) is 18.1 Å². The molecule has 0 saturated carbocycles. The molecule has 0 aliphatic heterocycles. The van der Waals surface area contributed by atoms with Crippen molar-refractivity contribution >= 4 is 29.9 Å². The van der Waals surface area contributed by atoms with E-state index in [9.17, 15) is 0 Å². The fraction of sp³-hybridized carbons (Fsp3) is 0.100. The molecule has 23 heavy (non-hydrogen) atoms. The van der Waals surface area contributed by atoms with Gasteiger partial charge in [0.1, 0.15) is 0 Å². The topological polar surface area (TPSA) is 52.0 Å². The van der Waals surface area contributed by atoms with Crippen LogP contribution in [-0.4, -0.2) is 0 Å². The molecule has 0 amide bonds. The van der Waals surface area contributed by atoms with E-state index in [4.69, 9.17) is 11.5 Å². The molecule has 0 bridgehead atoms. The lowest BCUT2D eigenvalue weighted by atomic mass is 10.1. The van der Waals surface area contributed by atoms with Gasteiger partial charge in [-0.05, 0) is 30.2 Å². The van der Waals surface area contributed by atoms with E-state index in [-0.39, 0.29) is 0 Å². The van der Waals surface area contributed by atoms with Crippen LogP contribution in [-0.2, 0) is 0 Å². The van der Waals surface area contributed by atoms with Gasteiger partial charge in [0.15, 0.2) is 0 Å². The van der Waals surface area contributed by atoms with Gasteiger partial charge in [-0.15, -0.1) is 0 Å². The normalized spacial score (nSPS) is 12.3. The third-order valence-corrected chi connectivity index (χ3v) is 6.84. The van der Waals surface area contributed by atoms with E-state index in [1.807, 2.05) is 12.1 Å². The highest BCUT2D eigenvalue weighted by Gasteiger charge is 2.24. The Morgan fingerprint density at radius 3 is 1.74 bits per heavy atom. The predicted octanol–water partition coefficient (Wildman–Crippen LogP) is 4.04. The second-order valence-corrected chi connectivity index (χ2v) is 8.11. The second kappa shape index (κ2) is 6.85. The summed E-state index contributed by atoms with van der Waals surface area (Å²) >= 11 is 0. The van der Waals surface area contributed by atoms with Gasteiger partial charge in [-0.1, -0.05) is 79.7 Å². The number of rotatable bonds is 4. The molecule has 1 unspecified atom stereocenters.